The van der Waals surface area contributed by atoms with Crippen molar-refractivity contribution >= 4 is 0 Å². The summed E-state index contributed by atoms with van der Waals surface area (Å²) >= 11 is 0. The van der Waals surface area contributed by atoms with E-state index >= 15 is 0 Å². The second-order valence-corrected chi connectivity index (χ2v) is 0. The maximum Gasteiger partial charge on any atom is 0 e. The molecule has 0 saturated carbocycles. The average Bonchev–Trinajstić information content (AvgIpc) is 1.00. The Balaban J connectivity index is -0.00000000500. The monoisotopic (exact) mass is 207 g/mol. The van der Waals surface area contributed by atoms with Crippen molar-refractivity contribution in [2.24, 2.45) is 0 Å². The van der Waals surface area contributed by atoms with Crippen molar-refractivity contribution in [3.8, 4) is 0 Å². The smallest absolute Gasteiger partial charge is 0 e. The molecule has 0 spiro atoms. The quantitative estimate of drug-likeness (QED) is 0.516. The van der Waals surface area contributed by atoms with Gasteiger partial charge in [-0.25, -0.2) is 0 Å². The minimum absolute atomic E-state index is 0. The molecule has 0 aliphatic rings. The van der Waals surface area contributed by atoms with E-state index in [-0.39, 0.29) is 65.4 Å². The summed E-state index contributed by atoms with van der Waals surface area (Å²) in [7, 11) is 0. The fourth-order valence-electron chi connectivity index (χ4n) is 0. The summed E-state index contributed by atoms with van der Waals surface area (Å²) in [4.78, 5) is 0. The van der Waals surface area contributed by atoms with E-state index in [0.717, 1.165) is 0 Å². The Hall–Kier alpha value is 2.21. The van der Waals surface area contributed by atoms with Gasteiger partial charge in [-0.1, -0.05) is 0 Å². The normalized spacial score (nSPS) is 1.50. The van der Waals surface area contributed by atoms with Crippen molar-refractivity contribution in [2.45, 2.75) is 6.92 Å². The Morgan fingerprint density at radius 2 is 1.00 bits per heavy atom. The standard InChI is InChI=1S/C2H5.2Y/c1-2;;/h1H2,2H3;;/q-1;;. The van der Waals surface area contributed by atoms with Crippen LogP contribution in [-0.2, 0) is 65.4 Å². The Morgan fingerprint density at radius 3 is 1.00 bits per heavy atom. The SMILES string of the molecule is [CH2-]C.[Y].[Y]. The molecule has 0 aromatic heterocycles. The Labute approximate surface area is 77.9 Å². The zero-order valence-electron chi connectivity index (χ0n) is 2.86. The topological polar surface area (TPSA) is 0 Å². The molecule has 0 rings (SSSR count). The fraction of sp³-hybridized carbons (Fsp3) is 0.500. The van der Waals surface area contributed by atoms with Crippen LogP contribution < -0.4 is 0 Å². The van der Waals surface area contributed by atoms with Gasteiger partial charge < -0.3 is 6.92 Å². The maximum absolute atomic E-state index is 3.25. The van der Waals surface area contributed by atoms with E-state index in [2.05, 4.69) is 6.92 Å². The van der Waals surface area contributed by atoms with Gasteiger partial charge in [0.25, 0.3) is 0 Å². The minimum Gasteiger partial charge on any atom is -0.346 e. The first-order valence-corrected chi connectivity index (χ1v) is 0.707. The maximum atomic E-state index is 3.25. The van der Waals surface area contributed by atoms with Gasteiger partial charge in [0.05, 0.1) is 0 Å². The Kier molecular flexibility index (Phi) is 77.4. The predicted octanol–water partition coefficient (Wildman–Crippen LogP) is 0.835. The minimum atomic E-state index is 0. The zero-order valence-corrected chi connectivity index (χ0v) is 8.54. The Morgan fingerprint density at radius 1 is 1.00 bits per heavy atom. The van der Waals surface area contributed by atoms with Gasteiger partial charge in [-0.2, -0.15) is 6.92 Å². The predicted molar refractivity (Wildman–Crippen MR) is 11.0 cm³/mol. The summed E-state index contributed by atoms with van der Waals surface area (Å²) in [6.07, 6.45) is 0. The first-order chi connectivity index (χ1) is 1.00. The molecule has 2 radical (unpaired) electrons. The average molecular weight is 207 g/mol. The van der Waals surface area contributed by atoms with E-state index in [9.17, 15) is 0 Å². The molecule has 0 heterocycles. The van der Waals surface area contributed by atoms with Crippen LogP contribution in [0.1, 0.15) is 6.92 Å². The van der Waals surface area contributed by atoms with Gasteiger partial charge in [-0.15, -0.1) is 0 Å². The summed E-state index contributed by atoms with van der Waals surface area (Å²) < 4.78 is 0. The third-order valence-electron chi connectivity index (χ3n) is 0. The van der Waals surface area contributed by atoms with Gasteiger partial charge in [-0.3, -0.25) is 0 Å². The van der Waals surface area contributed by atoms with Crippen LogP contribution in [0.25, 0.3) is 0 Å². The van der Waals surface area contributed by atoms with Crippen molar-refractivity contribution in [2.75, 3.05) is 0 Å². The van der Waals surface area contributed by atoms with Crippen molar-refractivity contribution < 1.29 is 65.4 Å². The number of rotatable bonds is 0. The van der Waals surface area contributed by atoms with E-state index in [1.165, 1.54) is 0 Å². The molecule has 0 aromatic rings. The number of hydrogen-bond acceptors (Lipinski definition) is 0. The second-order valence-electron chi connectivity index (χ2n) is 0. The molecule has 0 N–H and O–H groups in total. The van der Waals surface area contributed by atoms with Gasteiger partial charge in [0.2, 0.25) is 0 Å². The molecule has 0 nitrogen and oxygen atoms in total. The van der Waals surface area contributed by atoms with Crippen LogP contribution in [-0.4, -0.2) is 0 Å². The summed E-state index contributed by atoms with van der Waals surface area (Å²) in [5.41, 5.74) is 0. The second kappa shape index (κ2) is 18.9. The van der Waals surface area contributed by atoms with Crippen LogP contribution in [0.5, 0.6) is 0 Å². The van der Waals surface area contributed by atoms with E-state index in [1.54, 1.807) is 6.92 Å². The van der Waals surface area contributed by atoms with Crippen molar-refractivity contribution in [1.29, 1.82) is 0 Å². The van der Waals surface area contributed by atoms with Crippen LogP contribution in [0, 0.1) is 6.92 Å². The number of hydrogen-bond donors (Lipinski definition) is 0. The molecule has 0 amide bonds. The van der Waals surface area contributed by atoms with Gasteiger partial charge in [-0.05, 0) is 0 Å². The van der Waals surface area contributed by atoms with Crippen LogP contribution in [0.15, 0.2) is 0 Å². The molecular weight excluding hydrogens is 202 g/mol. The molecule has 0 aliphatic heterocycles. The van der Waals surface area contributed by atoms with Crippen LogP contribution >= 0.6 is 0 Å². The molecule has 0 fully saturated rings. The molecule has 20 valence electrons. The molecular formula is C2H5Y2-. The summed E-state index contributed by atoms with van der Waals surface area (Å²) in [6, 6.07) is 0. The third kappa shape index (κ3) is 8.88. The molecule has 0 unspecified atom stereocenters. The zero-order chi connectivity index (χ0) is 2.00. The molecule has 0 saturated heterocycles. The van der Waals surface area contributed by atoms with Gasteiger partial charge >= 0.3 is 0 Å². The van der Waals surface area contributed by atoms with E-state index in [1.807, 2.05) is 0 Å². The first-order valence-electron chi connectivity index (χ1n) is 0.707. The van der Waals surface area contributed by atoms with Crippen LogP contribution in [0.4, 0.5) is 0 Å². The fourth-order valence-corrected chi connectivity index (χ4v) is 0. The third-order valence-corrected chi connectivity index (χ3v) is 0. The van der Waals surface area contributed by atoms with Gasteiger partial charge in [0.15, 0.2) is 0 Å². The van der Waals surface area contributed by atoms with Crippen molar-refractivity contribution in [3.05, 3.63) is 6.92 Å². The summed E-state index contributed by atoms with van der Waals surface area (Å²) in [5, 5.41) is 0. The van der Waals surface area contributed by atoms with E-state index in [0.29, 0.717) is 0 Å². The molecule has 4 heavy (non-hydrogen) atoms. The molecule has 0 atom stereocenters. The van der Waals surface area contributed by atoms with Crippen LogP contribution in [0.2, 0.25) is 0 Å². The largest absolute Gasteiger partial charge is 0.346 e. The van der Waals surface area contributed by atoms with Crippen molar-refractivity contribution in [3.63, 3.8) is 0 Å². The van der Waals surface area contributed by atoms with Crippen LogP contribution in [0.3, 0.4) is 0 Å². The van der Waals surface area contributed by atoms with Gasteiger partial charge in [0.1, 0.15) is 0 Å². The van der Waals surface area contributed by atoms with E-state index < -0.39 is 0 Å². The summed E-state index contributed by atoms with van der Waals surface area (Å²) in [5.74, 6) is 0. The van der Waals surface area contributed by atoms with Gasteiger partial charge in [0, 0.05) is 65.4 Å². The first kappa shape index (κ1) is 16.4. The molecule has 0 bridgehead atoms. The van der Waals surface area contributed by atoms with Crippen molar-refractivity contribution in [1.82, 2.24) is 0 Å². The Bertz CT molecular complexity index is 4.00. The summed E-state index contributed by atoms with van der Waals surface area (Å²) in [6.45, 7) is 5.00. The molecule has 2 heteroatoms. The molecule has 0 aliphatic carbocycles. The van der Waals surface area contributed by atoms with E-state index in [4.69, 9.17) is 0 Å². The molecule has 0 aromatic carbocycles.